The number of aromatic nitrogens is 2. The zero-order valence-corrected chi connectivity index (χ0v) is 17.4. The number of aromatic amines is 1. The van der Waals surface area contributed by atoms with Gasteiger partial charge in [-0.25, -0.2) is 8.78 Å². The molecule has 166 valence electrons. The van der Waals surface area contributed by atoms with Crippen LogP contribution in [0.5, 0.6) is 0 Å². The third-order valence-corrected chi connectivity index (χ3v) is 5.71. The maximum Gasteiger partial charge on any atom is 0.273 e. The van der Waals surface area contributed by atoms with E-state index in [1.54, 1.807) is 12.1 Å². The van der Waals surface area contributed by atoms with Crippen LogP contribution in [0, 0.1) is 11.6 Å². The Morgan fingerprint density at radius 3 is 2.22 bits per heavy atom. The second-order valence-corrected chi connectivity index (χ2v) is 7.97. The second-order valence-electron chi connectivity index (χ2n) is 7.97. The molecule has 1 fully saturated rings. The summed E-state index contributed by atoms with van der Waals surface area (Å²) in [5, 5.41) is 9.55. The van der Waals surface area contributed by atoms with Crippen molar-refractivity contribution in [2.45, 2.75) is 44.3 Å². The van der Waals surface area contributed by atoms with Gasteiger partial charge >= 0.3 is 0 Å². The average Bonchev–Trinajstić information content (AvgIpc) is 3.50. The number of carbonyl (C=O) groups excluding carboxylic acids is 2. The van der Waals surface area contributed by atoms with Crippen molar-refractivity contribution >= 4 is 11.8 Å². The summed E-state index contributed by atoms with van der Waals surface area (Å²) in [5.74, 6) is -1.61. The molecule has 2 aromatic carbocycles. The number of halogens is 2. The smallest absolute Gasteiger partial charge is 0.273 e. The van der Waals surface area contributed by atoms with Gasteiger partial charge in [0.15, 0.2) is 0 Å². The summed E-state index contributed by atoms with van der Waals surface area (Å²) in [6.07, 6.45) is 5.30. The fraction of sp³-hybridized carbons (Fsp3) is 0.292. The van der Waals surface area contributed by atoms with Gasteiger partial charge in [0.2, 0.25) is 5.91 Å². The molecule has 1 aromatic heterocycles. The molecule has 1 aliphatic carbocycles. The summed E-state index contributed by atoms with van der Waals surface area (Å²) in [6.45, 7) is 0.0538. The zero-order chi connectivity index (χ0) is 22.5. The van der Waals surface area contributed by atoms with Gasteiger partial charge in [-0.15, -0.1) is 0 Å². The molecule has 0 bridgehead atoms. The number of carbonyl (C=O) groups is 2. The summed E-state index contributed by atoms with van der Waals surface area (Å²) in [5.41, 5.74) is 1.35. The predicted octanol–water partition coefficient (Wildman–Crippen LogP) is 4.13. The van der Waals surface area contributed by atoms with E-state index in [-0.39, 0.29) is 24.2 Å². The maximum absolute atomic E-state index is 13.6. The normalized spacial score (nSPS) is 14.8. The van der Waals surface area contributed by atoms with E-state index >= 15 is 0 Å². The van der Waals surface area contributed by atoms with Crippen molar-refractivity contribution in [2.75, 3.05) is 0 Å². The highest BCUT2D eigenvalue weighted by atomic mass is 19.1. The van der Waals surface area contributed by atoms with E-state index in [4.69, 9.17) is 0 Å². The van der Waals surface area contributed by atoms with E-state index < -0.39 is 23.6 Å². The summed E-state index contributed by atoms with van der Waals surface area (Å²) in [4.78, 5) is 28.3. The first-order chi connectivity index (χ1) is 15.5. The first-order valence-corrected chi connectivity index (χ1v) is 10.6. The molecular weight excluding hydrogens is 414 g/mol. The highest BCUT2D eigenvalue weighted by molar-refractivity contribution is 5.96. The molecule has 32 heavy (non-hydrogen) atoms. The van der Waals surface area contributed by atoms with E-state index in [9.17, 15) is 18.4 Å². The van der Waals surface area contributed by atoms with Crippen LogP contribution in [-0.2, 0) is 11.3 Å². The fourth-order valence-electron chi connectivity index (χ4n) is 4.06. The second kappa shape index (κ2) is 9.72. The van der Waals surface area contributed by atoms with Crippen molar-refractivity contribution in [1.82, 2.24) is 20.4 Å². The molecule has 3 aromatic rings. The van der Waals surface area contributed by atoms with E-state index in [0.29, 0.717) is 11.1 Å². The van der Waals surface area contributed by atoms with Crippen LogP contribution in [0.2, 0.25) is 0 Å². The Balaban J connectivity index is 1.73. The van der Waals surface area contributed by atoms with E-state index in [2.05, 4.69) is 15.5 Å². The zero-order valence-electron chi connectivity index (χ0n) is 17.4. The molecule has 1 aliphatic rings. The van der Waals surface area contributed by atoms with Crippen LogP contribution in [0.4, 0.5) is 8.78 Å². The first-order valence-electron chi connectivity index (χ1n) is 10.6. The van der Waals surface area contributed by atoms with Crippen molar-refractivity contribution in [2.24, 2.45) is 0 Å². The molecule has 1 unspecified atom stereocenters. The Kier molecular flexibility index (Phi) is 6.58. The molecule has 0 spiro atoms. The van der Waals surface area contributed by atoms with Gasteiger partial charge in [0.05, 0.1) is 0 Å². The van der Waals surface area contributed by atoms with Gasteiger partial charge in [0.1, 0.15) is 23.4 Å². The van der Waals surface area contributed by atoms with Crippen molar-refractivity contribution in [3.63, 3.8) is 0 Å². The van der Waals surface area contributed by atoms with Crippen LogP contribution in [0.25, 0.3) is 0 Å². The lowest BCUT2D eigenvalue weighted by Gasteiger charge is -2.32. The number of H-pyrrole nitrogens is 1. The molecule has 0 saturated heterocycles. The SMILES string of the molecule is O=C(NC1CCCC1)C(c1ccc(F)cc1)N(Cc1ccc(F)cc1)C(=O)c1ccn[nH]1. The first kappa shape index (κ1) is 21.7. The van der Waals surface area contributed by atoms with Crippen LogP contribution in [0.3, 0.4) is 0 Å². The van der Waals surface area contributed by atoms with Gasteiger partial charge in [-0.1, -0.05) is 37.1 Å². The number of hydrogen-bond donors (Lipinski definition) is 2. The Morgan fingerprint density at radius 2 is 1.62 bits per heavy atom. The highest BCUT2D eigenvalue weighted by Gasteiger charge is 2.34. The van der Waals surface area contributed by atoms with Crippen molar-refractivity contribution in [3.8, 4) is 0 Å². The van der Waals surface area contributed by atoms with Crippen LogP contribution in [-0.4, -0.2) is 33.0 Å². The van der Waals surface area contributed by atoms with Gasteiger partial charge in [-0.3, -0.25) is 14.7 Å². The summed E-state index contributed by atoms with van der Waals surface area (Å²) < 4.78 is 27.0. The number of nitrogens with one attached hydrogen (secondary N) is 2. The Labute approximate surface area is 184 Å². The van der Waals surface area contributed by atoms with E-state index in [1.807, 2.05) is 0 Å². The summed E-state index contributed by atoms with van der Waals surface area (Å²) in [6, 6.07) is 11.9. The van der Waals surface area contributed by atoms with Gasteiger partial charge in [0.25, 0.3) is 5.91 Å². The van der Waals surface area contributed by atoms with Crippen molar-refractivity contribution < 1.29 is 18.4 Å². The van der Waals surface area contributed by atoms with E-state index in [1.165, 1.54) is 53.6 Å². The lowest BCUT2D eigenvalue weighted by atomic mass is 10.0. The molecule has 1 saturated carbocycles. The van der Waals surface area contributed by atoms with Crippen LogP contribution in [0.15, 0.2) is 60.8 Å². The number of hydrogen-bond acceptors (Lipinski definition) is 3. The topological polar surface area (TPSA) is 78.1 Å². The monoisotopic (exact) mass is 438 g/mol. The lowest BCUT2D eigenvalue weighted by Crippen LogP contribution is -2.46. The predicted molar refractivity (Wildman–Crippen MR) is 114 cm³/mol. The average molecular weight is 438 g/mol. The Bertz CT molecular complexity index is 1050. The molecule has 1 heterocycles. The molecule has 1 atom stereocenters. The molecule has 2 N–H and O–H groups in total. The number of nitrogens with zero attached hydrogens (tertiary/aromatic N) is 2. The molecular formula is C24H24F2N4O2. The minimum Gasteiger partial charge on any atom is -0.351 e. The highest BCUT2D eigenvalue weighted by Crippen LogP contribution is 2.27. The summed E-state index contributed by atoms with van der Waals surface area (Å²) >= 11 is 0. The number of benzene rings is 2. The third-order valence-electron chi connectivity index (χ3n) is 5.71. The van der Waals surface area contributed by atoms with Crippen molar-refractivity contribution in [1.29, 1.82) is 0 Å². The van der Waals surface area contributed by atoms with Gasteiger partial charge < -0.3 is 10.2 Å². The fourth-order valence-corrected chi connectivity index (χ4v) is 4.06. The molecule has 4 rings (SSSR count). The number of amides is 2. The Morgan fingerprint density at radius 1 is 1.00 bits per heavy atom. The molecule has 2 amide bonds. The van der Waals surface area contributed by atoms with Crippen molar-refractivity contribution in [3.05, 3.63) is 89.2 Å². The van der Waals surface area contributed by atoms with Crippen LogP contribution in [0.1, 0.15) is 53.3 Å². The maximum atomic E-state index is 13.6. The summed E-state index contributed by atoms with van der Waals surface area (Å²) in [7, 11) is 0. The molecule has 0 aliphatic heterocycles. The standard InChI is InChI=1S/C24H24F2N4O2/c25-18-9-5-16(6-10-18)15-30(24(32)21-13-14-27-29-21)22(17-7-11-19(26)12-8-17)23(31)28-20-3-1-2-4-20/h5-14,20,22H,1-4,15H2,(H,27,29)(H,28,31). The van der Waals surface area contributed by atoms with Crippen LogP contribution >= 0.6 is 0 Å². The lowest BCUT2D eigenvalue weighted by molar-refractivity contribution is -0.126. The largest absolute Gasteiger partial charge is 0.351 e. The minimum atomic E-state index is -1.00. The molecule has 6 nitrogen and oxygen atoms in total. The van der Waals surface area contributed by atoms with Gasteiger partial charge in [0, 0.05) is 18.8 Å². The third kappa shape index (κ3) is 5.01. The quantitative estimate of drug-likeness (QED) is 0.582. The van der Waals surface area contributed by atoms with Crippen LogP contribution < -0.4 is 5.32 Å². The number of rotatable bonds is 7. The Hall–Kier alpha value is -3.55. The molecule has 8 heteroatoms. The minimum absolute atomic E-state index is 0.0420. The van der Waals surface area contributed by atoms with E-state index in [0.717, 1.165) is 25.7 Å². The van der Waals surface area contributed by atoms with Gasteiger partial charge in [-0.05, 0) is 54.3 Å². The van der Waals surface area contributed by atoms with Gasteiger partial charge in [-0.2, -0.15) is 5.10 Å². The molecule has 0 radical (unpaired) electrons.